The largest absolute Gasteiger partial charge is 0.359 e. The van der Waals surface area contributed by atoms with Crippen molar-refractivity contribution < 1.29 is 4.52 Å². The smallest absolute Gasteiger partial charge is 0.151 e. The number of hydrogen-bond donors (Lipinski definition) is 0. The van der Waals surface area contributed by atoms with Gasteiger partial charge in [0.25, 0.3) is 0 Å². The molecule has 4 rings (SSSR count). The first-order chi connectivity index (χ1) is 10.3. The van der Waals surface area contributed by atoms with Crippen molar-refractivity contribution in [1.82, 2.24) is 24.7 Å². The van der Waals surface area contributed by atoms with Crippen LogP contribution in [0.2, 0.25) is 0 Å². The molecule has 0 saturated carbocycles. The third-order valence-corrected chi connectivity index (χ3v) is 4.61. The van der Waals surface area contributed by atoms with Crippen molar-refractivity contribution in [2.75, 3.05) is 26.2 Å². The average molecular weight is 287 g/mol. The lowest BCUT2D eigenvalue weighted by molar-refractivity contribution is 0.0922. The summed E-state index contributed by atoms with van der Waals surface area (Å²) in [5.74, 6) is 0.945. The second kappa shape index (κ2) is 5.27. The van der Waals surface area contributed by atoms with Crippen LogP contribution in [0.25, 0.3) is 11.3 Å². The quantitative estimate of drug-likeness (QED) is 0.853. The zero-order chi connectivity index (χ0) is 14.2. The fourth-order valence-corrected chi connectivity index (χ4v) is 3.50. The predicted molar refractivity (Wildman–Crippen MR) is 78.6 cm³/mol. The average Bonchev–Trinajstić information content (AvgIpc) is 3.18. The lowest BCUT2D eigenvalue weighted by Gasteiger charge is -2.36. The molecule has 1 atom stereocenters. The minimum atomic E-state index is 0.750. The Morgan fingerprint density at radius 3 is 3.14 bits per heavy atom. The highest BCUT2D eigenvalue weighted by Crippen LogP contribution is 2.24. The zero-order valence-corrected chi connectivity index (χ0v) is 12.4. The Bertz CT molecular complexity index is 619. The first-order valence-corrected chi connectivity index (χ1v) is 7.69. The van der Waals surface area contributed by atoms with E-state index in [1.165, 1.54) is 25.9 Å². The van der Waals surface area contributed by atoms with Gasteiger partial charge in [-0.3, -0.25) is 14.5 Å². The van der Waals surface area contributed by atoms with E-state index in [4.69, 9.17) is 4.52 Å². The van der Waals surface area contributed by atoms with Crippen LogP contribution in [0.3, 0.4) is 0 Å². The summed E-state index contributed by atoms with van der Waals surface area (Å²) >= 11 is 0. The Kier molecular flexibility index (Phi) is 3.27. The van der Waals surface area contributed by atoms with Crippen LogP contribution in [0.4, 0.5) is 0 Å². The maximum absolute atomic E-state index is 5.50. The van der Waals surface area contributed by atoms with E-state index in [2.05, 4.69) is 20.1 Å². The number of aromatic nitrogens is 3. The summed E-state index contributed by atoms with van der Waals surface area (Å²) in [6.45, 7) is 5.61. The van der Waals surface area contributed by atoms with E-state index in [9.17, 15) is 0 Å². The van der Waals surface area contributed by atoms with Gasteiger partial charge < -0.3 is 4.52 Å². The molecule has 0 amide bonds. The van der Waals surface area contributed by atoms with Gasteiger partial charge in [-0.05, 0) is 19.4 Å². The van der Waals surface area contributed by atoms with Crippen LogP contribution >= 0.6 is 0 Å². The van der Waals surface area contributed by atoms with Crippen LogP contribution in [-0.2, 0) is 13.6 Å². The van der Waals surface area contributed by atoms with E-state index >= 15 is 0 Å². The molecular formula is C15H21N5O. The van der Waals surface area contributed by atoms with Crippen molar-refractivity contribution in [2.45, 2.75) is 25.4 Å². The molecule has 6 heteroatoms. The molecular weight excluding hydrogens is 266 g/mol. The highest BCUT2D eigenvalue weighted by molar-refractivity contribution is 5.56. The van der Waals surface area contributed by atoms with E-state index in [-0.39, 0.29) is 0 Å². The van der Waals surface area contributed by atoms with Gasteiger partial charge in [0, 0.05) is 50.6 Å². The Hall–Kier alpha value is -1.66. The van der Waals surface area contributed by atoms with Gasteiger partial charge in [0.1, 0.15) is 5.69 Å². The lowest BCUT2D eigenvalue weighted by atomic mass is 10.1. The lowest BCUT2D eigenvalue weighted by Crippen LogP contribution is -2.49. The first-order valence-electron chi connectivity index (χ1n) is 7.69. The molecule has 112 valence electrons. The summed E-state index contributed by atoms with van der Waals surface area (Å²) in [4.78, 5) is 5.11. The van der Waals surface area contributed by atoms with Crippen LogP contribution in [0, 0.1) is 0 Å². The van der Waals surface area contributed by atoms with Crippen LogP contribution < -0.4 is 0 Å². The van der Waals surface area contributed by atoms with Crippen LogP contribution in [0.15, 0.2) is 23.0 Å². The minimum absolute atomic E-state index is 0.750. The second-order valence-electron chi connectivity index (χ2n) is 6.15. The van der Waals surface area contributed by atoms with E-state index in [0.717, 1.165) is 42.7 Å². The molecule has 2 saturated heterocycles. The van der Waals surface area contributed by atoms with E-state index in [1.54, 1.807) is 4.68 Å². The number of fused-ring (bicyclic) bond motifs is 1. The van der Waals surface area contributed by atoms with E-state index in [0.29, 0.717) is 0 Å². The molecule has 4 heterocycles. The normalized spacial score (nSPS) is 23.6. The van der Waals surface area contributed by atoms with Gasteiger partial charge in [0.2, 0.25) is 0 Å². The van der Waals surface area contributed by atoms with Gasteiger partial charge in [0.05, 0.1) is 12.7 Å². The molecule has 0 bridgehead atoms. The van der Waals surface area contributed by atoms with Crippen molar-refractivity contribution in [3.05, 3.63) is 24.2 Å². The van der Waals surface area contributed by atoms with Crippen LogP contribution in [-0.4, -0.2) is 57.0 Å². The Morgan fingerprint density at radius 1 is 1.33 bits per heavy atom. The number of rotatable bonds is 3. The zero-order valence-electron chi connectivity index (χ0n) is 12.4. The Balaban J connectivity index is 1.42. The molecule has 2 aromatic heterocycles. The monoisotopic (exact) mass is 287 g/mol. The number of aryl methyl sites for hydroxylation is 1. The van der Waals surface area contributed by atoms with Crippen molar-refractivity contribution in [1.29, 1.82) is 0 Å². The third kappa shape index (κ3) is 2.61. The molecule has 2 fully saturated rings. The first kappa shape index (κ1) is 13.0. The molecule has 0 aromatic carbocycles. The highest BCUT2D eigenvalue weighted by Gasteiger charge is 2.30. The van der Waals surface area contributed by atoms with E-state index in [1.807, 2.05) is 25.5 Å². The Labute approximate surface area is 124 Å². The summed E-state index contributed by atoms with van der Waals surface area (Å²) < 4.78 is 7.28. The van der Waals surface area contributed by atoms with Gasteiger partial charge in [-0.1, -0.05) is 5.16 Å². The van der Waals surface area contributed by atoms with Crippen molar-refractivity contribution in [2.24, 2.45) is 7.05 Å². The summed E-state index contributed by atoms with van der Waals surface area (Å²) in [6, 6.07) is 2.79. The van der Waals surface area contributed by atoms with Gasteiger partial charge in [-0.15, -0.1) is 0 Å². The summed E-state index contributed by atoms with van der Waals surface area (Å²) in [5, 5.41) is 8.34. The fraction of sp³-hybridized carbons (Fsp3) is 0.600. The molecule has 0 aliphatic carbocycles. The molecule has 2 aliphatic rings. The Morgan fingerprint density at radius 2 is 2.29 bits per heavy atom. The summed E-state index contributed by atoms with van der Waals surface area (Å²) in [7, 11) is 1.91. The topological polar surface area (TPSA) is 50.3 Å². The number of piperazine rings is 1. The third-order valence-electron chi connectivity index (χ3n) is 4.61. The van der Waals surface area contributed by atoms with Crippen LogP contribution in [0.1, 0.15) is 18.6 Å². The highest BCUT2D eigenvalue weighted by atomic mass is 16.5. The molecule has 21 heavy (non-hydrogen) atoms. The summed E-state index contributed by atoms with van der Waals surface area (Å²) in [5.41, 5.74) is 1.88. The maximum atomic E-state index is 5.50. The van der Waals surface area contributed by atoms with Gasteiger partial charge in [-0.25, -0.2) is 0 Å². The van der Waals surface area contributed by atoms with E-state index < -0.39 is 0 Å². The summed E-state index contributed by atoms with van der Waals surface area (Å²) in [6.07, 6.45) is 6.47. The molecule has 2 aliphatic heterocycles. The molecule has 0 spiro atoms. The molecule has 0 N–H and O–H groups in total. The molecule has 0 unspecified atom stereocenters. The minimum Gasteiger partial charge on any atom is -0.359 e. The number of hydrogen-bond acceptors (Lipinski definition) is 5. The predicted octanol–water partition coefficient (Wildman–Crippen LogP) is 1.36. The maximum Gasteiger partial charge on any atom is 0.151 e. The van der Waals surface area contributed by atoms with Crippen molar-refractivity contribution in [3.8, 4) is 11.3 Å². The number of nitrogens with zero attached hydrogens (tertiary/aromatic N) is 5. The van der Waals surface area contributed by atoms with Crippen LogP contribution in [0.5, 0.6) is 0 Å². The molecule has 0 radical (unpaired) electrons. The standard InChI is InChI=1S/C15H21N5O/c1-18-9-12(8-16-18)15-7-14(21-17-15)11-19-5-6-20-4-2-3-13(20)10-19/h7-9,13H,2-6,10-11H2,1H3/t13-/m1/s1. The molecule has 6 nitrogen and oxygen atoms in total. The van der Waals surface area contributed by atoms with Crippen molar-refractivity contribution in [3.63, 3.8) is 0 Å². The fourth-order valence-electron chi connectivity index (χ4n) is 3.50. The van der Waals surface area contributed by atoms with Gasteiger partial charge in [-0.2, -0.15) is 5.10 Å². The van der Waals surface area contributed by atoms with Gasteiger partial charge in [0.15, 0.2) is 5.76 Å². The van der Waals surface area contributed by atoms with Crippen molar-refractivity contribution >= 4 is 0 Å². The van der Waals surface area contributed by atoms with Gasteiger partial charge >= 0.3 is 0 Å². The SMILES string of the molecule is Cn1cc(-c2cc(CN3CCN4CCC[C@@H]4C3)on2)cn1. The second-order valence-corrected chi connectivity index (χ2v) is 6.15. The molecule has 2 aromatic rings.